The minimum Gasteiger partial charge on any atom is -0.507 e. The van der Waals surface area contributed by atoms with Crippen molar-refractivity contribution in [3.8, 4) is 16.9 Å². The summed E-state index contributed by atoms with van der Waals surface area (Å²) in [6.07, 6.45) is 0. The molecular formula is C17H10O2. The second kappa shape index (κ2) is 3.45. The van der Waals surface area contributed by atoms with E-state index in [1.807, 2.05) is 48.5 Å². The highest BCUT2D eigenvalue weighted by molar-refractivity contribution is 6.26. The summed E-state index contributed by atoms with van der Waals surface area (Å²) < 4.78 is 0. The van der Waals surface area contributed by atoms with Crippen molar-refractivity contribution in [3.63, 3.8) is 0 Å². The van der Waals surface area contributed by atoms with Crippen molar-refractivity contribution in [2.45, 2.75) is 0 Å². The van der Waals surface area contributed by atoms with E-state index in [1.165, 1.54) is 0 Å². The summed E-state index contributed by atoms with van der Waals surface area (Å²) in [4.78, 5) is 12.4. The first-order valence-corrected chi connectivity index (χ1v) is 6.16. The maximum absolute atomic E-state index is 12.4. The lowest BCUT2D eigenvalue weighted by Crippen LogP contribution is -1.94. The van der Waals surface area contributed by atoms with Crippen molar-refractivity contribution in [2.24, 2.45) is 0 Å². The molecule has 0 bridgehead atoms. The first-order valence-electron chi connectivity index (χ1n) is 6.16. The van der Waals surface area contributed by atoms with E-state index in [1.54, 1.807) is 6.07 Å². The molecule has 4 rings (SSSR count). The van der Waals surface area contributed by atoms with Gasteiger partial charge in [0, 0.05) is 22.1 Å². The summed E-state index contributed by atoms with van der Waals surface area (Å²) in [5.74, 6) is 0.259. The number of carbonyl (C=O) groups excluding carboxylic acids is 1. The van der Waals surface area contributed by atoms with Gasteiger partial charge in [-0.15, -0.1) is 0 Å². The van der Waals surface area contributed by atoms with Crippen LogP contribution in [0.3, 0.4) is 0 Å². The van der Waals surface area contributed by atoms with Gasteiger partial charge in [-0.3, -0.25) is 4.79 Å². The Morgan fingerprint density at radius 2 is 1.53 bits per heavy atom. The Bertz CT molecular complexity index is 847. The lowest BCUT2D eigenvalue weighted by molar-refractivity contribution is 0.104. The summed E-state index contributed by atoms with van der Waals surface area (Å²) >= 11 is 0. The van der Waals surface area contributed by atoms with Crippen LogP contribution >= 0.6 is 0 Å². The molecule has 0 atom stereocenters. The van der Waals surface area contributed by atoms with E-state index in [0.29, 0.717) is 11.1 Å². The lowest BCUT2D eigenvalue weighted by atomic mass is 9.97. The van der Waals surface area contributed by atoms with Crippen LogP contribution in [0.1, 0.15) is 15.9 Å². The first kappa shape index (κ1) is 10.3. The van der Waals surface area contributed by atoms with Crippen LogP contribution in [-0.4, -0.2) is 10.9 Å². The van der Waals surface area contributed by atoms with Crippen LogP contribution in [0.15, 0.2) is 54.6 Å². The smallest absolute Gasteiger partial charge is 0.194 e. The molecule has 3 aromatic carbocycles. The Kier molecular flexibility index (Phi) is 1.88. The molecule has 0 aliphatic heterocycles. The second-order valence-corrected chi connectivity index (χ2v) is 4.74. The highest BCUT2D eigenvalue weighted by Gasteiger charge is 2.28. The molecule has 0 radical (unpaired) electrons. The molecule has 3 aromatic rings. The Balaban J connectivity index is 2.25. The van der Waals surface area contributed by atoms with E-state index in [0.717, 1.165) is 21.9 Å². The van der Waals surface area contributed by atoms with Crippen LogP contribution in [0, 0.1) is 0 Å². The molecule has 0 spiro atoms. The van der Waals surface area contributed by atoms with Crippen LogP contribution in [0.25, 0.3) is 21.9 Å². The zero-order chi connectivity index (χ0) is 13.0. The molecule has 0 amide bonds. The molecule has 2 heteroatoms. The average Bonchev–Trinajstić information content (AvgIpc) is 2.73. The van der Waals surface area contributed by atoms with E-state index in [2.05, 4.69) is 0 Å². The fourth-order valence-corrected chi connectivity index (χ4v) is 2.87. The molecule has 2 nitrogen and oxygen atoms in total. The van der Waals surface area contributed by atoms with E-state index < -0.39 is 0 Å². The van der Waals surface area contributed by atoms with Gasteiger partial charge in [-0.25, -0.2) is 0 Å². The molecule has 1 aliphatic carbocycles. The molecule has 0 heterocycles. The van der Waals surface area contributed by atoms with Gasteiger partial charge in [0.2, 0.25) is 0 Å². The van der Waals surface area contributed by atoms with Crippen molar-refractivity contribution in [2.75, 3.05) is 0 Å². The van der Waals surface area contributed by atoms with Gasteiger partial charge in [0.05, 0.1) is 0 Å². The molecule has 1 aliphatic rings. The van der Waals surface area contributed by atoms with Crippen molar-refractivity contribution >= 4 is 16.6 Å². The van der Waals surface area contributed by atoms with Crippen LogP contribution in [0.4, 0.5) is 0 Å². The number of benzene rings is 3. The third kappa shape index (κ3) is 1.23. The van der Waals surface area contributed by atoms with Crippen molar-refractivity contribution in [3.05, 3.63) is 65.7 Å². The van der Waals surface area contributed by atoms with Gasteiger partial charge >= 0.3 is 0 Å². The number of hydrogen-bond acceptors (Lipinski definition) is 2. The van der Waals surface area contributed by atoms with Gasteiger partial charge in [-0.2, -0.15) is 0 Å². The quantitative estimate of drug-likeness (QED) is 0.513. The molecule has 0 fully saturated rings. The van der Waals surface area contributed by atoms with Gasteiger partial charge in [0.15, 0.2) is 5.78 Å². The molecule has 0 unspecified atom stereocenters. The predicted molar refractivity (Wildman–Crippen MR) is 74.5 cm³/mol. The number of aromatic hydroxyl groups is 1. The third-order valence-corrected chi connectivity index (χ3v) is 3.71. The van der Waals surface area contributed by atoms with Crippen LogP contribution in [-0.2, 0) is 0 Å². The Labute approximate surface area is 109 Å². The van der Waals surface area contributed by atoms with Crippen LogP contribution in [0.2, 0.25) is 0 Å². The highest BCUT2D eigenvalue weighted by atomic mass is 16.3. The standard InChI is InChI=1S/C17H10O2/c18-14-7-3-4-10-8-9-13-16(15(10)14)11-5-1-2-6-12(11)17(13)19/h1-9,18H. The summed E-state index contributed by atoms with van der Waals surface area (Å²) in [6.45, 7) is 0. The number of carbonyl (C=O) groups is 1. The van der Waals surface area contributed by atoms with Crippen molar-refractivity contribution < 1.29 is 9.90 Å². The Hall–Kier alpha value is -2.61. The van der Waals surface area contributed by atoms with Gasteiger partial charge < -0.3 is 5.11 Å². The fourth-order valence-electron chi connectivity index (χ4n) is 2.87. The topological polar surface area (TPSA) is 37.3 Å². The zero-order valence-corrected chi connectivity index (χ0v) is 10.1. The number of ketones is 1. The summed E-state index contributed by atoms with van der Waals surface area (Å²) in [6, 6.07) is 16.7. The van der Waals surface area contributed by atoms with E-state index in [-0.39, 0.29) is 11.5 Å². The largest absolute Gasteiger partial charge is 0.507 e. The van der Waals surface area contributed by atoms with E-state index in [4.69, 9.17) is 0 Å². The maximum atomic E-state index is 12.4. The molecule has 0 saturated heterocycles. The summed E-state index contributed by atoms with van der Waals surface area (Å²) in [7, 11) is 0. The van der Waals surface area contributed by atoms with Gasteiger partial charge in [-0.1, -0.05) is 42.5 Å². The predicted octanol–water partition coefficient (Wildman–Crippen LogP) is 3.76. The Morgan fingerprint density at radius 1 is 0.737 bits per heavy atom. The normalized spacial score (nSPS) is 12.5. The zero-order valence-electron chi connectivity index (χ0n) is 10.1. The average molecular weight is 246 g/mol. The second-order valence-electron chi connectivity index (χ2n) is 4.74. The number of rotatable bonds is 0. The van der Waals surface area contributed by atoms with E-state index in [9.17, 15) is 9.90 Å². The first-order chi connectivity index (χ1) is 9.27. The van der Waals surface area contributed by atoms with Gasteiger partial charge in [0.25, 0.3) is 0 Å². The molecule has 19 heavy (non-hydrogen) atoms. The number of hydrogen-bond donors (Lipinski definition) is 1. The number of phenols is 1. The Morgan fingerprint density at radius 3 is 2.37 bits per heavy atom. The van der Waals surface area contributed by atoms with Crippen molar-refractivity contribution in [1.82, 2.24) is 0 Å². The number of fused-ring (bicyclic) bond motifs is 5. The molecular weight excluding hydrogens is 236 g/mol. The highest BCUT2D eigenvalue weighted by Crippen LogP contribution is 2.43. The molecule has 0 aromatic heterocycles. The van der Waals surface area contributed by atoms with Gasteiger partial charge in [-0.05, 0) is 23.1 Å². The van der Waals surface area contributed by atoms with E-state index >= 15 is 0 Å². The molecule has 1 N–H and O–H groups in total. The summed E-state index contributed by atoms with van der Waals surface area (Å²) in [5.41, 5.74) is 3.16. The number of phenolic OH excluding ortho intramolecular Hbond substituents is 1. The molecule has 0 saturated carbocycles. The SMILES string of the molecule is O=C1c2ccccc2-c2c1ccc1cccc(O)c21. The summed E-state index contributed by atoms with van der Waals surface area (Å²) in [5, 5.41) is 11.8. The monoisotopic (exact) mass is 246 g/mol. The third-order valence-electron chi connectivity index (χ3n) is 3.71. The molecule has 90 valence electrons. The van der Waals surface area contributed by atoms with Crippen molar-refractivity contribution in [1.29, 1.82) is 0 Å². The maximum Gasteiger partial charge on any atom is 0.194 e. The van der Waals surface area contributed by atoms with Gasteiger partial charge in [0.1, 0.15) is 5.75 Å². The minimum atomic E-state index is 0.0377. The van der Waals surface area contributed by atoms with Crippen LogP contribution < -0.4 is 0 Å². The minimum absolute atomic E-state index is 0.0377. The van der Waals surface area contributed by atoms with Crippen LogP contribution in [0.5, 0.6) is 5.75 Å². The lowest BCUT2D eigenvalue weighted by Gasteiger charge is -2.07. The fraction of sp³-hybridized carbons (Fsp3) is 0.